The first kappa shape index (κ1) is 13.1. The number of aryl methyl sites for hydroxylation is 2. The lowest BCUT2D eigenvalue weighted by Gasteiger charge is -2.26. The molecule has 0 heterocycles. The Kier molecular flexibility index (Phi) is 4.00. The topological polar surface area (TPSA) is 38.7 Å². The zero-order valence-electron chi connectivity index (χ0n) is 10.5. The Labute approximate surface area is 97.7 Å². The summed E-state index contributed by atoms with van der Waals surface area (Å²) in [6.45, 7) is 7.66. The second-order valence-electron chi connectivity index (χ2n) is 4.42. The highest BCUT2D eigenvalue weighted by Gasteiger charge is 2.23. The first-order chi connectivity index (χ1) is 7.38. The lowest BCUT2D eigenvalue weighted by molar-refractivity contribution is 0.0869. The Morgan fingerprint density at radius 2 is 1.69 bits per heavy atom. The maximum absolute atomic E-state index is 9.70. The molecule has 3 nitrogen and oxygen atoms in total. The Hall–Kier alpha value is -0.995. The van der Waals surface area contributed by atoms with E-state index >= 15 is 0 Å². The van der Waals surface area contributed by atoms with Crippen LogP contribution in [-0.4, -0.2) is 19.9 Å². The van der Waals surface area contributed by atoms with Gasteiger partial charge >= 0.3 is 7.69 Å². The number of rotatable bonds is 4. The van der Waals surface area contributed by atoms with Crippen LogP contribution in [0.5, 0.6) is 5.75 Å². The number of benzene rings is 1. The SMILES string of the molecule is CO[B]OC(C)(C)c1cc(C)c(O)c(C)c1. The van der Waals surface area contributed by atoms with Crippen molar-refractivity contribution < 1.29 is 14.4 Å². The summed E-state index contributed by atoms with van der Waals surface area (Å²) in [6, 6.07) is 3.84. The van der Waals surface area contributed by atoms with E-state index in [2.05, 4.69) is 0 Å². The van der Waals surface area contributed by atoms with Crippen LogP contribution in [0, 0.1) is 13.8 Å². The molecule has 4 heteroatoms. The van der Waals surface area contributed by atoms with Gasteiger partial charge in [-0.2, -0.15) is 0 Å². The van der Waals surface area contributed by atoms with Crippen molar-refractivity contribution in [3.05, 3.63) is 28.8 Å². The molecule has 16 heavy (non-hydrogen) atoms. The van der Waals surface area contributed by atoms with E-state index in [0.29, 0.717) is 5.75 Å². The predicted octanol–water partition coefficient (Wildman–Crippen LogP) is 2.44. The molecule has 0 amide bonds. The molecule has 0 aliphatic carbocycles. The van der Waals surface area contributed by atoms with Crippen molar-refractivity contribution in [2.45, 2.75) is 33.3 Å². The average molecular weight is 221 g/mol. The molecule has 0 fully saturated rings. The van der Waals surface area contributed by atoms with Crippen molar-refractivity contribution in [1.82, 2.24) is 0 Å². The van der Waals surface area contributed by atoms with Gasteiger partial charge in [-0.1, -0.05) is 0 Å². The fourth-order valence-electron chi connectivity index (χ4n) is 1.54. The van der Waals surface area contributed by atoms with E-state index in [-0.39, 0.29) is 0 Å². The van der Waals surface area contributed by atoms with Crippen molar-refractivity contribution in [1.29, 1.82) is 0 Å². The number of hydrogen-bond donors (Lipinski definition) is 1. The zero-order valence-corrected chi connectivity index (χ0v) is 10.5. The monoisotopic (exact) mass is 221 g/mol. The van der Waals surface area contributed by atoms with Crippen molar-refractivity contribution >= 4 is 7.69 Å². The van der Waals surface area contributed by atoms with Gasteiger partial charge in [0.1, 0.15) is 5.75 Å². The standard InChI is InChI=1S/C12H18BO3/c1-8-6-10(7-9(2)11(8)14)12(3,4)16-13-15-5/h6-7,14H,1-5H3. The van der Waals surface area contributed by atoms with Crippen molar-refractivity contribution in [2.75, 3.05) is 7.11 Å². The van der Waals surface area contributed by atoms with E-state index < -0.39 is 5.60 Å². The summed E-state index contributed by atoms with van der Waals surface area (Å²) < 4.78 is 10.3. The fraction of sp³-hybridized carbons (Fsp3) is 0.500. The smallest absolute Gasteiger partial charge is 0.488 e. The average Bonchev–Trinajstić information content (AvgIpc) is 2.22. The van der Waals surface area contributed by atoms with Gasteiger partial charge < -0.3 is 14.4 Å². The molecular formula is C12H18BO3. The van der Waals surface area contributed by atoms with E-state index in [1.54, 1.807) is 7.11 Å². The molecule has 1 rings (SSSR count). The van der Waals surface area contributed by atoms with Crippen molar-refractivity contribution in [2.24, 2.45) is 0 Å². The van der Waals surface area contributed by atoms with Gasteiger partial charge in [-0.3, -0.25) is 0 Å². The van der Waals surface area contributed by atoms with Crippen LogP contribution in [0.4, 0.5) is 0 Å². The Morgan fingerprint density at radius 3 is 2.12 bits per heavy atom. The minimum absolute atomic E-state index is 0.343. The lowest BCUT2D eigenvalue weighted by atomic mass is 9.93. The molecule has 0 aromatic heterocycles. The van der Waals surface area contributed by atoms with Gasteiger partial charge in [0.15, 0.2) is 0 Å². The van der Waals surface area contributed by atoms with E-state index in [9.17, 15) is 5.11 Å². The number of phenolic OH excluding ortho intramolecular Hbond substituents is 1. The third kappa shape index (κ3) is 2.77. The summed E-state index contributed by atoms with van der Waals surface area (Å²) in [6.07, 6.45) is 0. The molecule has 1 N–H and O–H groups in total. The second kappa shape index (κ2) is 4.89. The number of phenols is 1. The van der Waals surface area contributed by atoms with Crippen LogP contribution in [0.15, 0.2) is 12.1 Å². The molecule has 87 valence electrons. The van der Waals surface area contributed by atoms with Crippen LogP contribution >= 0.6 is 0 Å². The second-order valence-corrected chi connectivity index (χ2v) is 4.42. The zero-order chi connectivity index (χ0) is 12.3. The highest BCUT2D eigenvalue weighted by atomic mass is 16.6. The summed E-state index contributed by atoms with van der Waals surface area (Å²) in [4.78, 5) is 0. The number of hydrogen-bond acceptors (Lipinski definition) is 3. The van der Waals surface area contributed by atoms with Crippen LogP contribution in [0.25, 0.3) is 0 Å². The maximum atomic E-state index is 9.70. The molecule has 0 bridgehead atoms. The van der Waals surface area contributed by atoms with Crippen molar-refractivity contribution in [3.8, 4) is 5.75 Å². The summed E-state index contributed by atoms with van der Waals surface area (Å²) in [7, 11) is 2.86. The van der Waals surface area contributed by atoms with E-state index in [4.69, 9.17) is 9.31 Å². The Morgan fingerprint density at radius 1 is 1.19 bits per heavy atom. The highest BCUT2D eigenvalue weighted by molar-refractivity contribution is 6.18. The molecule has 0 atom stereocenters. The normalized spacial score (nSPS) is 11.6. The Balaban J connectivity index is 3.03. The maximum Gasteiger partial charge on any atom is 0.488 e. The van der Waals surface area contributed by atoms with E-state index in [0.717, 1.165) is 16.7 Å². The van der Waals surface area contributed by atoms with Gasteiger partial charge in [-0.15, -0.1) is 0 Å². The minimum Gasteiger partial charge on any atom is -0.507 e. The van der Waals surface area contributed by atoms with Crippen LogP contribution < -0.4 is 0 Å². The minimum atomic E-state index is -0.473. The summed E-state index contributed by atoms with van der Waals surface area (Å²) in [5.74, 6) is 0.343. The van der Waals surface area contributed by atoms with Gasteiger partial charge in [-0.05, 0) is 56.5 Å². The lowest BCUT2D eigenvalue weighted by Crippen LogP contribution is -2.24. The Bertz CT molecular complexity index is 352. The van der Waals surface area contributed by atoms with Crippen LogP contribution in [0.3, 0.4) is 0 Å². The summed E-state index contributed by atoms with van der Waals surface area (Å²) in [5.41, 5.74) is 2.24. The van der Waals surface area contributed by atoms with Gasteiger partial charge in [-0.25, -0.2) is 0 Å². The molecule has 0 saturated carbocycles. The largest absolute Gasteiger partial charge is 0.507 e. The quantitative estimate of drug-likeness (QED) is 0.793. The molecule has 0 saturated heterocycles. The molecule has 1 aromatic carbocycles. The van der Waals surface area contributed by atoms with Gasteiger partial charge in [0.2, 0.25) is 0 Å². The third-order valence-corrected chi connectivity index (χ3v) is 2.63. The molecule has 0 spiro atoms. The molecule has 1 radical (unpaired) electrons. The molecule has 0 aliphatic rings. The summed E-state index contributed by atoms with van der Waals surface area (Å²) in [5, 5.41) is 9.70. The van der Waals surface area contributed by atoms with Gasteiger partial charge in [0.25, 0.3) is 0 Å². The fourth-order valence-corrected chi connectivity index (χ4v) is 1.54. The molecule has 0 aliphatic heterocycles. The van der Waals surface area contributed by atoms with Crippen LogP contribution in [0.2, 0.25) is 0 Å². The predicted molar refractivity (Wildman–Crippen MR) is 64.5 cm³/mol. The van der Waals surface area contributed by atoms with Crippen LogP contribution in [-0.2, 0) is 14.9 Å². The first-order valence-electron chi connectivity index (χ1n) is 5.21. The molecule has 1 aromatic rings. The van der Waals surface area contributed by atoms with Crippen LogP contribution in [0.1, 0.15) is 30.5 Å². The molecular weight excluding hydrogens is 203 g/mol. The molecule has 0 unspecified atom stereocenters. The summed E-state index contributed by atoms with van der Waals surface area (Å²) >= 11 is 0. The van der Waals surface area contributed by atoms with Gasteiger partial charge in [0.05, 0.1) is 5.60 Å². The van der Waals surface area contributed by atoms with E-state index in [1.165, 1.54) is 7.69 Å². The first-order valence-corrected chi connectivity index (χ1v) is 5.21. The number of aromatic hydroxyl groups is 1. The van der Waals surface area contributed by atoms with Crippen molar-refractivity contribution in [3.63, 3.8) is 0 Å². The third-order valence-electron chi connectivity index (χ3n) is 2.63. The van der Waals surface area contributed by atoms with Gasteiger partial charge in [0, 0.05) is 7.11 Å². The highest BCUT2D eigenvalue weighted by Crippen LogP contribution is 2.30. The van der Waals surface area contributed by atoms with E-state index in [1.807, 2.05) is 39.8 Å².